The molecule has 0 bridgehead atoms. The highest BCUT2D eigenvalue weighted by atomic mass is 15.3. The van der Waals surface area contributed by atoms with Gasteiger partial charge in [0.1, 0.15) is 5.65 Å². The molecule has 0 aliphatic carbocycles. The van der Waals surface area contributed by atoms with E-state index in [1.807, 2.05) is 42.6 Å². The van der Waals surface area contributed by atoms with Crippen LogP contribution < -0.4 is 4.90 Å². The zero-order valence-corrected chi connectivity index (χ0v) is 15.6. The van der Waals surface area contributed by atoms with Gasteiger partial charge >= 0.3 is 0 Å². The topological polar surface area (TPSA) is 49.6 Å². The van der Waals surface area contributed by atoms with E-state index in [0.29, 0.717) is 0 Å². The average Bonchev–Trinajstić information content (AvgIpc) is 3.17. The standard InChI is InChI=1S/C22H22N6/c1-2-6-18(7-3-1)20-9-10-22(25-24-20)27-14-12-26(13-15-27)16-19-17-28-11-5-4-8-21(28)23-19/h1-11,17H,12-16H2. The van der Waals surface area contributed by atoms with Crippen LogP contribution in [-0.4, -0.2) is 50.7 Å². The summed E-state index contributed by atoms with van der Waals surface area (Å²) in [6.07, 6.45) is 4.16. The van der Waals surface area contributed by atoms with Gasteiger partial charge in [0.25, 0.3) is 0 Å². The number of pyridine rings is 1. The van der Waals surface area contributed by atoms with Gasteiger partial charge in [-0.1, -0.05) is 36.4 Å². The Balaban J connectivity index is 1.21. The third-order valence-corrected chi connectivity index (χ3v) is 5.22. The van der Waals surface area contributed by atoms with Gasteiger partial charge in [-0.3, -0.25) is 4.90 Å². The largest absolute Gasteiger partial charge is 0.353 e. The van der Waals surface area contributed by atoms with Crippen molar-refractivity contribution in [2.75, 3.05) is 31.1 Å². The number of hydrogen-bond donors (Lipinski definition) is 0. The van der Waals surface area contributed by atoms with Gasteiger partial charge in [-0.2, -0.15) is 0 Å². The van der Waals surface area contributed by atoms with E-state index in [4.69, 9.17) is 4.98 Å². The second-order valence-electron chi connectivity index (χ2n) is 7.10. The Labute approximate surface area is 164 Å². The second kappa shape index (κ2) is 7.40. The Morgan fingerprint density at radius 2 is 1.61 bits per heavy atom. The van der Waals surface area contributed by atoms with Crippen LogP contribution in [0.1, 0.15) is 5.69 Å². The third kappa shape index (κ3) is 3.46. The number of fused-ring (bicyclic) bond motifs is 1. The Hall–Kier alpha value is -3.25. The molecule has 0 atom stereocenters. The van der Waals surface area contributed by atoms with Gasteiger partial charge < -0.3 is 9.30 Å². The number of aromatic nitrogens is 4. The van der Waals surface area contributed by atoms with E-state index >= 15 is 0 Å². The molecule has 1 aliphatic rings. The molecule has 1 aliphatic heterocycles. The number of nitrogens with zero attached hydrogens (tertiary/aromatic N) is 6. The molecule has 28 heavy (non-hydrogen) atoms. The number of benzene rings is 1. The van der Waals surface area contributed by atoms with Crippen molar-refractivity contribution < 1.29 is 0 Å². The summed E-state index contributed by atoms with van der Waals surface area (Å²) in [5, 5.41) is 8.88. The molecule has 0 amide bonds. The van der Waals surface area contributed by atoms with E-state index in [9.17, 15) is 0 Å². The Bertz CT molecular complexity index is 1020. The average molecular weight is 370 g/mol. The fourth-order valence-electron chi connectivity index (χ4n) is 3.68. The van der Waals surface area contributed by atoms with Crippen molar-refractivity contribution in [3.05, 3.63) is 78.8 Å². The molecule has 6 heteroatoms. The van der Waals surface area contributed by atoms with Crippen LogP contribution >= 0.6 is 0 Å². The smallest absolute Gasteiger partial charge is 0.151 e. The predicted octanol–water partition coefficient (Wildman–Crippen LogP) is 3.11. The molecule has 0 saturated carbocycles. The van der Waals surface area contributed by atoms with Gasteiger partial charge in [-0.25, -0.2) is 4.98 Å². The van der Waals surface area contributed by atoms with Gasteiger partial charge in [-0.15, -0.1) is 10.2 Å². The van der Waals surface area contributed by atoms with Gasteiger partial charge in [0.05, 0.1) is 11.4 Å². The van der Waals surface area contributed by atoms with Crippen molar-refractivity contribution in [2.45, 2.75) is 6.54 Å². The molecular weight excluding hydrogens is 348 g/mol. The zero-order valence-electron chi connectivity index (χ0n) is 15.6. The van der Waals surface area contributed by atoms with E-state index in [0.717, 1.165) is 61.1 Å². The Morgan fingerprint density at radius 1 is 0.786 bits per heavy atom. The lowest BCUT2D eigenvalue weighted by molar-refractivity contribution is 0.247. The molecule has 4 aromatic rings. The molecule has 6 nitrogen and oxygen atoms in total. The third-order valence-electron chi connectivity index (χ3n) is 5.22. The number of rotatable bonds is 4. The highest BCUT2D eigenvalue weighted by Crippen LogP contribution is 2.19. The van der Waals surface area contributed by atoms with E-state index in [2.05, 4.69) is 54.9 Å². The van der Waals surface area contributed by atoms with Crippen molar-refractivity contribution >= 4 is 11.5 Å². The second-order valence-corrected chi connectivity index (χ2v) is 7.10. The first-order valence-corrected chi connectivity index (χ1v) is 9.64. The normalized spacial score (nSPS) is 15.2. The predicted molar refractivity (Wildman–Crippen MR) is 110 cm³/mol. The molecule has 0 radical (unpaired) electrons. The summed E-state index contributed by atoms with van der Waals surface area (Å²) in [6.45, 7) is 4.78. The zero-order chi connectivity index (χ0) is 18.8. The Morgan fingerprint density at radius 3 is 2.36 bits per heavy atom. The number of hydrogen-bond acceptors (Lipinski definition) is 5. The molecule has 3 aromatic heterocycles. The summed E-state index contributed by atoms with van der Waals surface area (Å²) >= 11 is 0. The van der Waals surface area contributed by atoms with Gasteiger partial charge in [-0.05, 0) is 24.3 Å². The highest BCUT2D eigenvalue weighted by molar-refractivity contribution is 5.59. The summed E-state index contributed by atoms with van der Waals surface area (Å²) in [5.41, 5.74) is 4.13. The molecule has 0 spiro atoms. The van der Waals surface area contributed by atoms with Crippen LogP contribution in [-0.2, 0) is 6.54 Å². The first-order chi connectivity index (χ1) is 13.8. The number of anilines is 1. The van der Waals surface area contributed by atoms with Gasteiger partial charge in [0, 0.05) is 50.7 Å². The van der Waals surface area contributed by atoms with E-state index < -0.39 is 0 Å². The van der Waals surface area contributed by atoms with Gasteiger partial charge in [0.2, 0.25) is 0 Å². The maximum Gasteiger partial charge on any atom is 0.151 e. The molecule has 1 saturated heterocycles. The number of piperazine rings is 1. The maximum absolute atomic E-state index is 4.71. The van der Waals surface area contributed by atoms with E-state index in [1.54, 1.807) is 0 Å². The van der Waals surface area contributed by atoms with Crippen LogP contribution in [0.25, 0.3) is 16.9 Å². The molecule has 1 fully saturated rings. The number of imidazole rings is 1. The lowest BCUT2D eigenvalue weighted by Gasteiger charge is -2.34. The first-order valence-electron chi connectivity index (χ1n) is 9.64. The maximum atomic E-state index is 4.71. The summed E-state index contributed by atoms with van der Waals surface area (Å²) in [7, 11) is 0. The molecule has 140 valence electrons. The van der Waals surface area contributed by atoms with Crippen LogP contribution in [0.15, 0.2) is 73.1 Å². The monoisotopic (exact) mass is 370 g/mol. The summed E-state index contributed by atoms with van der Waals surface area (Å²) in [6, 6.07) is 20.4. The Kier molecular flexibility index (Phi) is 4.47. The van der Waals surface area contributed by atoms with Crippen LogP contribution in [0.5, 0.6) is 0 Å². The van der Waals surface area contributed by atoms with Crippen LogP contribution in [0, 0.1) is 0 Å². The van der Waals surface area contributed by atoms with Crippen molar-refractivity contribution in [1.82, 2.24) is 24.5 Å². The molecular formula is C22H22N6. The van der Waals surface area contributed by atoms with Crippen molar-refractivity contribution in [1.29, 1.82) is 0 Å². The summed E-state index contributed by atoms with van der Waals surface area (Å²) in [4.78, 5) is 9.46. The fraction of sp³-hybridized carbons (Fsp3) is 0.227. The molecule has 0 unspecified atom stereocenters. The highest BCUT2D eigenvalue weighted by Gasteiger charge is 2.19. The van der Waals surface area contributed by atoms with E-state index in [1.165, 1.54) is 0 Å². The molecule has 4 heterocycles. The quantitative estimate of drug-likeness (QED) is 0.552. The van der Waals surface area contributed by atoms with Crippen molar-refractivity contribution in [3.63, 3.8) is 0 Å². The van der Waals surface area contributed by atoms with Crippen LogP contribution in [0.3, 0.4) is 0 Å². The molecule has 5 rings (SSSR count). The molecule has 0 N–H and O–H groups in total. The first kappa shape index (κ1) is 16.9. The van der Waals surface area contributed by atoms with Crippen molar-refractivity contribution in [3.8, 4) is 11.3 Å². The fourth-order valence-corrected chi connectivity index (χ4v) is 3.68. The lowest BCUT2D eigenvalue weighted by atomic mass is 10.1. The minimum atomic E-state index is 0.883. The summed E-state index contributed by atoms with van der Waals surface area (Å²) < 4.78 is 2.08. The van der Waals surface area contributed by atoms with E-state index in [-0.39, 0.29) is 0 Å². The SMILES string of the molecule is c1ccc(-c2ccc(N3CCN(Cc4cn5ccccc5n4)CC3)nn2)cc1. The van der Waals surface area contributed by atoms with Gasteiger partial charge in [0.15, 0.2) is 5.82 Å². The van der Waals surface area contributed by atoms with Crippen LogP contribution in [0.2, 0.25) is 0 Å². The summed E-state index contributed by atoms with van der Waals surface area (Å²) in [5.74, 6) is 0.951. The minimum Gasteiger partial charge on any atom is -0.353 e. The molecule has 1 aromatic carbocycles. The van der Waals surface area contributed by atoms with Crippen molar-refractivity contribution in [2.24, 2.45) is 0 Å². The lowest BCUT2D eigenvalue weighted by Crippen LogP contribution is -2.46. The minimum absolute atomic E-state index is 0.883. The van der Waals surface area contributed by atoms with Crippen LogP contribution in [0.4, 0.5) is 5.82 Å².